The molecule has 1 heterocycles. The van der Waals surface area contributed by atoms with Crippen LogP contribution in [0.2, 0.25) is 0 Å². The monoisotopic (exact) mass is 268 g/mol. The van der Waals surface area contributed by atoms with Crippen LogP contribution in [0.25, 0.3) is 0 Å². The SMILES string of the molecule is N#Cc1cc(NCc2nn[nH]n2)ccc1C(F)(F)F. The van der Waals surface area contributed by atoms with Gasteiger partial charge in [-0.15, -0.1) is 10.2 Å². The number of tetrazole rings is 1. The van der Waals surface area contributed by atoms with Gasteiger partial charge >= 0.3 is 6.18 Å². The Morgan fingerprint density at radius 2 is 2.16 bits per heavy atom. The van der Waals surface area contributed by atoms with Gasteiger partial charge in [-0.25, -0.2) is 0 Å². The van der Waals surface area contributed by atoms with E-state index in [0.717, 1.165) is 12.1 Å². The third-order valence-corrected chi connectivity index (χ3v) is 2.29. The Labute approximate surface area is 105 Å². The summed E-state index contributed by atoms with van der Waals surface area (Å²) in [6.45, 7) is 0.187. The second kappa shape index (κ2) is 4.93. The molecule has 19 heavy (non-hydrogen) atoms. The molecule has 0 saturated carbocycles. The zero-order valence-corrected chi connectivity index (χ0v) is 9.36. The fourth-order valence-corrected chi connectivity index (χ4v) is 1.43. The van der Waals surface area contributed by atoms with Crippen LogP contribution in [0.1, 0.15) is 17.0 Å². The highest BCUT2D eigenvalue weighted by molar-refractivity contribution is 5.53. The first-order valence-corrected chi connectivity index (χ1v) is 5.08. The number of nitriles is 1. The van der Waals surface area contributed by atoms with E-state index in [9.17, 15) is 13.2 Å². The average Bonchev–Trinajstić information content (AvgIpc) is 2.88. The summed E-state index contributed by atoms with van der Waals surface area (Å²) in [5, 5.41) is 24.5. The molecule has 0 aliphatic heterocycles. The van der Waals surface area contributed by atoms with Crippen molar-refractivity contribution in [2.75, 3.05) is 5.32 Å². The molecule has 6 nitrogen and oxygen atoms in total. The number of nitrogens with one attached hydrogen (secondary N) is 2. The van der Waals surface area contributed by atoms with E-state index in [1.165, 1.54) is 12.1 Å². The van der Waals surface area contributed by atoms with Crippen LogP contribution in [-0.2, 0) is 12.7 Å². The van der Waals surface area contributed by atoms with Gasteiger partial charge in [-0.05, 0) is 18.2 Å². The number of hydrogen-bond acceptors (Lipinski definition) is 5. The molecule has 9 heteroatoms. The Kier molecular flexibility index (Phi) is 3.33. The number of benzene rings is 1. The molecule has 0 amide bonds. The lowest BCUT2D eigenvalue weighted by Gasteiger charge is -2.10. The number of anilines is 1. The molecule has 0 aliphatic rings. The third kappa shape index (κ3) is 2.98. The molecule has 0 aliphatic carbocycles. The maximum absolute atomic E-state index is 12.6. The molecule has 0 spiro atoms. The lowest BCUT2D eigenvalue weighted by Crippen LogP contribution is -2.09. The molecule has 0 unspecified atom stereocenters. The topological polar surface area (TPSA) is 90.3 Å². The molecule has 1 aromatic carbocycles. The predicted molar refractivity (Wildman–Crippen MR) is 57.7 cm³/mol. The molecular weight excluding hydrogens is 261 g/mol. The van der Waals surface area contributed by atoms with Crippen molar-refractivity contribution in [1.29, 1.82) is 5.26 Å². The minimum absolute atomic E-state index is 0.187. The summed E-state index contributed by atoms with van der Waals surface area (Å²) >= 11 is 0. The molecule has 2 rings (SSSR count). The first-order chi connectivity index (χ1) is 9.00. The van der Waals surface area contributed by atoms with E-state index in [2.05, 4.69) is 25.9 Å². The molecule has 0 radical (unpaired) electrons. The van der Waals surface area contributed by atoms with Gasteiger partial charge in [0, 0.05) is 5.69 Å². The van der Waals surface area contributed by atoms with E-state index >= 15 is 0 Å². The van der Waals surface area contributed by atoms with Crippen molar-refractivity contribution >= 4 is 5.69 Å². The Bertz CT molecular complexity index is 599. The van der Waals surface area contributed by atoms with E-state index in [-0.39, 0.29) is 6.54 Å². The van der Waals surface area contributed by atoms with Crippen LogP contribution >= 0.6 is 0 Å². The van der Waals surface area contributed by atoms with Crippen LogP contribution in [-0.4, -0.2) is 20.6 Å². The Hall–Kier alpha value is -2.63. The Morgan fingerprint density at radius 3 is 2.74 bits per heavy atom. The van der Waals surface area contributed by atoms with E-state index in [0.29, 0.717) is 11.5 Å². The number of H-pyrrole nitrogens is 1. The van der Waals surface area contributed by atoms with E-state index in [4.69, 9.17) is 5.26 Å². The van der Waals surface area contributed by atoms with Crippen molar-refractivity contribution in [2.24, 2.45) is 0 Å². The summed E-state index contributed by atoms with van der Waals surface area (Å²) in [6, 6.07) is 4.75. The van der Waals surface area contributed by atoms with Crippen LogP contribution in [0, 0.1) is 11.3 Å². The lowest BCUT2D eigenvalue weighted by molar-refractivity contribution is -0.137. The predicted octanol–water partition coefficient (Wildman–Crippen LogP) is 1.70. The number of hydrogen-bond donors (Lipinski definition) is 2. The van der Waals surface area contributed by atoms with Crippen molar-refractivity contribution < 1.29 is 13.2 Å². The second-order valence-electron chi connectivity index (χ2n) is 3.55. The Morgan fingerprint density at radius 1 is 1.37 bits per heavy atom. The van der Waals surface area contributed by atoms with Crippen molar-refractivity contribution in [3.8, 4) is 6.07 Å². The van der Waals surface area contributed by atoms with Crippen LogP contribution in [0.3, 0.4) is 0 Å². The minimum atomic E-state index is -4.54. The maximum Gasteiger partial charge on any atom is 0.417 e. The summed E-state index contributed by atoms with van der Waals surface area (Å²) in [6.07, 6.45) is -4.54. The molecule has 0 atom stereocenters. The van der Waals surface area contributed by atoms with Crippen LogP contribution in [0.4, 0.5) is 18.9 Å². The zero-order chi connectivity index (χ0) is 13.9. The van der Waals surface area contributed by atoms with E-state index < -0.39 is 17.3 Å². The van der Waals surface area contributed by atoms with Gasteiger partial charge in [-0.1, -0.05) is 5.21 Å². The minimum Gasteiger partial charge on any atom is -0.378 e. The van der Waals surface area contributed by atoms with Crippen molar-refractivity contribution in [3.63, 3.8) is 0 Å². The molecular formula is C10H7F3N6. The zero-order valence-electron chi connectivity index (χ0n) is 9.36. The van der Waals surface area contributed by atoms with Crippen molar-refractivity contribution in [3.05, 3.63) is 35.2 Å². The van der Waals surface area contributed by atoms with Crippen molar-refractivity contribution in [2.45, 2.75) is 12.7 Å². The average molecular weight is 268 g/mol. The number of rotatable bonds is 3. The van der Waals surface area contributed by atoms with Gasteiger partial charge in [0.1, 0.15) is 0 Å². The van der Waals surface area contributed by atoms with Gasteiger partial charge in [0.25, 0.3) is 0 Å². The maximum atomic E-state index is 12.6. The summed E-state index contributed by atoms with van der Waals surface area (Å²) in [5.74, 6) is 0.360. The smallest absolute Gasteiger partial charge is 0.378 e. The molecule has 0 saturated heterocycles. The van der Waals surface area contributed by atoms with Crippen LogP contribution < -0.4 is 5.32 Å². The number of halogens is 3. The second-order valence-corrected chi connectivity index (χ2v) is 3.55. The standard InChI is InChI=1S/C10H7F3N6/c11-10(12,13)8-2-1-7(3-6(8)4-14)15-5-9-16-18-19-17-9/h1-3,15H,5H2,(H,16,17,18,19). The largest absolute Gasteiger partial charge is 0.417 e. The van der Waals surface area contributed by atoms with E-state index in [1.54, 1.807) is 0 Å². The fraction of sp³-hybridized carbons (Fsp3) is 0.200. The summed E-state index contributed by atoms with van der Waals surface area (Å²) in [5.41, 5.74) is -1.03. The normalized spacial score (nSPS) is 11.1. The quantitative estimate of drug-likeness (QED) is 0.884. The van der Waals surface area contributed by atoms with Gasteiger partial charge in [0.15, 0.2) is 5.82 Å². The summed E-state index contributed by atoms with van der Waals surface area (Å²) in [4.78, 5) is 0. The van der Waals surface area contributed by atoms with E-state index in [1.807, 2.05) is 0 Å². The molecule has 2 aromatic rings. The summed E-state index contributed by atoms with van der Waals surface area (Å²) in [7, 11) is 0. The highest BCUT2D eigenvalue weighted by Crippen LogP contribution is 2.32. The van der Waals surface area contributed by atoms with Gasteiger partial charge < -0.3 is 5.32 Å². The fourth-order valence-electron chi connectivity index (χ4n) is 1.43. The van der Waals surface area contributed by atoms with Gasteiger partial charge in [0.05, 0.1) is 23.7 Å². The van der Waals surface area contributed by atoms with Gasteiger partial charge in [-0.3, -0.25) is 0 Å². The highest BCUT2D eigenvalue weighted by atomic mass is 19.4. The Balaban J connectivity index is 2.18. The van der Waals surface area contributed by atoms with Crippen LogP contribution in [0.5, 0.6) is 0 Å². The molecule has 98 valence electrons. The number of alkyl halides is 3. The molecule has 0 fully saturated rings. The number of aromatic nitrogens is 4. The van der Waals surface area contributed by atoms with Gasteiger partial charge in [0.2, 0.25) is 0 Å². The third-order valence-electron chi connectivity index (χ3n) is 2.29. The first-order valence-electron chi connectivity index (χ1n) is 5.08. The number of aromatic amines is 1. The number of nitrogens with zero attached hydrogens (tertiary/aromatic N) is 4. The van der Waals surface area contributed by atoms with Crippen LogP contribution in [0.15, 0.2) is 18.2 Å². The summed E-state index contributed by atoms with van der Waals surface area (Å²) < 4.78 is 37.7. The lowest BCUT2D eigenvalue weighted by atomic mass is 10.1. The molecule has 1 aromatic heterocycles. The first kappa shape index (κ1) is 12.8. The van der Waals surface area contributed by atoms with Crippen molar-refractivity contribution in [1.82, 2.24) is 20.6 Å². The molecule has 0 bridgehead atoms. The van der Waals surface area contributed by atoms with Gasteiger partial charge in [-0.2, -0.15) is 23.6 Å². The highest BCUT2D eigenvalue weighted by Gasteiger charge is 2.33. The molecule has 2 N–H and O–H groups in total.